The molecule has 0 amide bonds. The summed E-state index contributed by atoms with van der Waals surface area (Å²) in [5, 5.41) is 8.23. The van der Waals surface area contributed by atoms with Crippen molar-refractivity contribution in [1.82, 2.24) is 20.1 Å². The number of oxazole rings is 1. The summed E-state index contributed by atoms with van der Waals surface area (Å²) in [5.41, 5.74) is 1.65. The Morgan fingerprint density at radius 1 is 1.32 bits per heavy atom. The molecule has 2 heterocycles. The Morgan fingerprint density at radius 3 is 2.95 bits per heavy atom. The van der Waals surface area contributed by atoms with Crippen molar-refractivity contribution in [2.24, 2.45) is 0 Å². The Labute approximate surface area is 133 Å². The molecule has 6 heteroatoms. The van der Waals surface area contributed by atoms with Crippen molar-refractivity contribution in [2.75, 3.05) is 0 Å². The van der Waals surface area contributed by atoms with E-state index in [1.54, 1.807) is 12.5 Å². The Morgan fingerprint density at radius 2 is 2.18 bits per heavy atom. The predicted octanol–water partition coefficient (Wildman–Crippen LogP) is 3.37. The molecule has 114 valence electrons. The van der Waals surface area contributed by atoms with Crippen molar-refractivity contribution in [3.05, 3.63) is 59.7 Å². The molecule has 0 saturated carbocycles. The van der Waals surface area contributed by atoms with E-state index in [9.17, 15) is 0 Å². The molecule has 2 aromatic heterocycles. The Hall–Kier alpha value is -2.11. The second-order valence-electron chi connectivity index (χ2n) is 5.13. The molecule has 22 heavy (non-hydrogen) atoms. The van der Waals surface area contributed by atoms with Gasteiger partial charge in [-0.15, -0.1) is 0 Å². The lowest BCUT2D eigenvalue weighted by Gasteiger charge is -2.12. The van der Waals surface area contributed by atoms with E-state index in [2.05, 4.69) is 22.3 Å². The van der Waals surface area contributed by atoms with Crippen molar-refractivity contribution in [3.63, 3.8) is 0 Å². The van der Waals surface area contributed by atoms with Gasteiger partial charge >= 0.3 is 0 Å². The first-order chi connectivity index (χ1) is 10.7. The molecule has 1 aromatic carbocycles. The fourth-order valence-electron chi connectivity index (χ4n) is 2.18. The third kappa shape index (κ3) is 3.55. The van der Waals surface area contributed by atoms with Crippen LogP contribution < -0.4 is 5.32 Å². The fraction of sp³-hybridized carbons (Fsp3) is 0.250. The molecule has 0 spiro atoms. The molecule has 3 aromatic rings. The maximum Gasteiger partial charge on any atom is 0.227 e. The molecule has 5 nitrogen and oxygen atoms in total. The number of nitrogens with one attached hydrogen (secondary N) is 1. The lowest BCUT2D eigenvalue weighted by Crippen LogP contribution is -2.30. The van der Waals surface area contributed by atoms with Crippen LogP contribution in [0.15, 0.2) is 53.4 Å². The van der Waals surface area contributed by atoms with Gasteiger partial charge in [0.25, 0.3) is 0 Å². The minimum atomic E-state index is 0.278. The second-order valence-corrected chi connectivity index (χ2v) is 5.54. The number of benzene rings is 1. The third-order valence-corrected chi connectivity index (χ3v) is 3.64. The smallest absolute Gasteiger partial charge is 0.227 e. The van der Waals surface area contributed by atoms with Gasteiger partial charge in [0, 0.05) is 25.0 Å². The minimum Gasteiger partial charge on any atom is -0.444 e. The van der Waals surface area contributed by atoms with E-state index in [-0.39, 0.29) is 6.04 Å². The summed E-state index contributed by atoms with van der Waals surface area (Å²) in [4.78, 5) is 4.47. The molecule has 0 bridgehead atoms. The van der Waals surface area contributed by atoms with Gasteiger partial charge in [0.15, 0.2) is 0 Å². The quantitative estimate of drug-likeness (QED) is 0.757. The van der Waals surface area contributed by atoms with Gasteiger partial charge < -0.3 is 9.73 Å². The molecular weight excluding hydrogens is 300 g/mol. The molecule has 0 aliphatic heterocycles. The molecule has 0 unspecified atom stereocenters. The third-order valence-electron chi connectivity index (χ3n) is 3.31. The van der Waals surface area contributed by atoms with Gasteiger partial charge in [0.1, 0.15) is 6.26 Å². The van der Waals surface area contributed by atoms with Crippen LogP contribution in [0, 0.1) is 0 Å². The van der Waals surface area contributed by atoms with Crippen LogP contribution in [0.25, 0.3) is 11.5 Å². The average molecular weight is 317 g/mol. The lowest BCUT2D eigenvalue weighted by atomic mass is 10.2. The molecule has 1 atom stereocenters. The highest BCUT2D eigenvalue weighted by Gasteiger charge is 2.10. The maximum absolute atomic E-state index is 6.15. The van der Waals surface area contributed by atoms with Crippen molar-refractivity contribution in [3.8, 4) is 11.5 Å². The van der Waals surface area contributed by atoms with E-state index in [0.717, 1.165) is 17.8 Å². The van der Waals surface area contributed by atoms with Crippen LogP contribution in [0.3, 0.4) is 0 Å². The summed E-state index contributed by atoms with van der Waals surface area (Å²) in [6.45, 7) is 3.55. The van der Waals surface area contributed by atoms with E-state index < -0.39 is 0 Å². The molecule has 0 aliphatic rings. The van der Waals surface area contributed by atoms with Crippen molar-refractivity contribution in [1.29, 1.82) is 0 Å². The largest absolute Gasteiger partial charge is 0.444 e. The first kappa shape index (κ1) is 14.8. The maximum atomic E-state index is 6.15. The van der Waals surface area contributed by atoms with Gasteiger partial charge in [0.05, 0.1) is 22.8 Å². The number of hydrogen-bond donors (Lipinski definition) is 1. The van der Waals surface area contributed by atoms with Crippen LogP contribution in [0.2, 0.25) is 5.02 Å². The minimum absolute atomic E-state index is 0.278. The molecule has 0 radical (unpaired) electrons. The SMILES string of the molecule is C[C@H](Cn1cccn1)NCc1coc(-c2ccccc2Cl)n1. The van der Waals surface area contributed by atoms with Crippen LogP contribution in [-0.2, 0) is 13.1 Å². The van der Waals surface area contributed by atoms with E-state index in [0.29, 0.717) is 17.5 Å². The van der Waals surface area contributed by atoms with Crippen LogP contribution >= 0.6 is 11.6 Å². The van der Waals surface area contributed by atoms with Gasteiger partial charge in [-0.3, -0.25) is 4.68 Å². The number of rotatable bonds is 6. The lowest BCUT2D eigenvalue weighted by molar-refractivity contribution is 0.448. The van der Waals surface area contributed by atoms with Crippen LogP contribution in [-0.4, -0.2) is 20.8 Å². The Balaban J connectivity index is 1.59. The molecule has 1 N–H and O–H groups in total. The zero-order chi connectivity index (χ0) is 15.4. The molecule has 0 aliphatic carbocycles. The average Bonchev–Trinajstić information content (AvgIpc) is 3.17. The Kier molecular flexibility index (Phi) is 4.56. The first-order valence-corrected chi connectivity index (χ1v) is 7.50. The molecule has 3 rings (SSSR count). The molecule has 0 saturated heterocycles. The standard InChI is InChI=1S/C16H17ClN4O/c1-12(10-21-8-4-7-19-21)18-9-13-11-22-16(20-13)14-5-2-3-6-15(14)17/h2-8,11-12,18H,9-10H2,1H3/t12-/m1/s1. The molecule has 0 fully saturated rings. The summed E-state index contributed by atoms with van der Waals surface area (Å²) in [6.07, 6.45) is 5.39. The number of hydrogen-bond acceptors (Lipinski definition) is 4. The highest BCUT2D eigenvalue weighted by molar-refractivity contribution is 6.33. The highest BCUT2D eigenvalue weighted by Crippen LogP contribution is 2.26. The number of aromatic nitrogens is 3. The van der Waals surface area contributed by atoms with Crippen LogP contribution in [0.4, 0.5) is 0 Å². The highest BCUT2D eigenvalue weighted by atomic mass is 35.5. The van der Waals surface area contributed by atoms with Crippen LogP contribution in [0.1, 0.15) is 12.6 Å². The zero-order valence-electron chi connectivity index (χ0n) is 12.2. The predicted molar refractivity (Wildman–Crippen MR) is 85.5 cm³/mol. The van der Waals surface area contributed by atoms with E-state index in [1.165, 1.54) is 0 Å². The normalized spacial score (nSPS) is 12.5. The van der Waals surface area contributed by atoms with Gasteiger partial charge in [0.2, 0.25) is 5.89 Å². The number of nitrogens with zero attached hydrogens (tertiary/aromatic N) is 3. The summed E-state index contributed by atoms with van der Waals surface area (Å²) in [6, 6.07) is 9.71. The summed E-state index contributed by atoms with van der Waals surface area (Å²) in [5.74, 6) is 0.544. The van der Waals surface area contributed by atoms with E-state index in [1.807, 2.05) is 41.2 Å². The summed E-state index contributed by atoms with van der Waals surface area (Å²) < 4.78 is 7.42. The van der Waals surface area contributed by atoms with Gasteiger partial charge in [-0.2, -0.15) is 5.10 Å². The van der Waals surface area contributed by atoms with Crippen molar-refractivity contribution < 1.29 is 4.42 Å². The molecular formula is C16H17ClN4O. The number of halogens is 1. The topological polar surface area (TPSA) is 55.9 Å². The van der Waals surface area contributed by atoms with Gasteiger partial charge in [-0.1, -0.05) is 23.7 Å². The second kappa shape index (κ2) is 6.77. The van der Waals surface area contributed by atoms with Gasteiger partial charge in [-0.25, -0.2) is 4.98 Å². The summed E-state index contributed by atoms with van der Waals surface area (Å²) >= 11 is 6.15. The fourth-order valence-corrected chi connectivity index (χ4v) is 2.40. The Bertz CT molecular complexity index is 723. The zero-order valence-corrected chi connectivity index (χ0v) is 13.0. The van der Waals surface area contributed by atoms with E-state index >= 15 is 0 Å². The monoisotopic (exact) mass is 316 g/mol. The summed E-state index contributed by atoms with van der Waals surface area (Å²) in [7, 11) is 0. The first-order valence-electron chi connectivity index (χ1n) is 7.12. The van der Waals surface area contributed by atoms with Crippen molar-refractivity contribution in [2.45, 2.75) is 26.1 Å². The van der Waals surface area contributed by atoms with Gasteiger partial charge in [-0.05, 0) is 25.1 Å². The van der Waals surface area contributed by atoms with E-state index in [4.69, 9.17) is 16.0 Å². The van der Waals surface area contributed by atoms with Crippen molar-refractivity contribution >= 4 is 11.6 Å². The van der Waals surface area contributed by atoms with Crippen LogP contribution in [0.5, 0.6) is 0 Å².